The Labute approximate surface area is 313 Å². The lowest BCUT2D eigenvalue weighted by Crippen LogP contribution is -2.56. The molecule has 2 bridgehead atoms. The van der Waals surface area contributed by atoms with E-state index in [0.29, 0.717) is 36.6 Å². The van der Waals surface area contributed by atoms with Gasteiger partial charge in [0.15, 0.2) is 17.5 Å². The molecule has 1 amide bonds. The van der Waals surface area contributed by atoms with E-state index in [4.69, 9.17) is 11.2 Å². The Hall–Kier alpha value is -5.88. The van der Waals surface area contributed by atoms with Gasteiger partial charge in [0.25, 0.3) is 5.91 Å². The third kappa shape index (κ3) is 6.75. The van der Waals surface area contributed by atoms with Crippen LogP contribution in [0.25, 0.3) is 39.0 Å². The smallest absolute Gasteiger partial charge is 0.318 e. The molecule has 3 aromatic heterocycles. The summed E-state index contributed by atoms with van der Waals surface area (Å²) in [4.78, 5) is 40.0. The van der Waals surface area contributed by atoms with E-state index in [0.717, 1.165) is 19.0 Å². The average Bonchev–Trinajstić information content (AvgIpc) is 3.85. The molecule has 4 aliphatic rings. The molecule has 0 spiro atoms. The molecule has 4 atom stereocenters. The number of aromatic nitrogens is 5. The minimum absolute atomic E-state index is 0.0853. The average molecular weight is 753 g/mol. The molecule has 282 valence electrons. The first-order valence-electron chi connectivity index (χ1n) is 18.1. The molecule has 0 radical (unpaired) electrons. The van der Waals surface area contributed by atoms with Crippen molar-refractivity contribution in [3.8, 4) is 35.4 Å². The van der Waals surface area contributed by atoms with Crippen LogP contribution in [0.5, 0.6) is 11.8 Å². The second kappa shape index (κ2) is 14.7. The maximum absolute atomic E-state index is 16.5. The van der Waals surface area contributed by atoms with E-state index in [2.05, 4.69) is 35.7 Å². The van der Waals surface area contributed by atoms with Gasteiger partial charge in [0, 0.05) is 61.3 Å². The first kappa shape index (κ1) is 36.1. The number of alkyl halides is 1. The van der Waals surface area contributed by atoms with Gasteiger partial charge in [0.05, 0.1) is 30.1 Å². The number of aromatic hydroxyl groups is 1. The number of benzene rings is 2. The highest BCUT2D eigenvalue weighted by molar-refractivity contribution is 6.03. The maximum Gasteiger partial charge on any atom is 0.318 e. The molecule has 1 N–H and O–H groups in total. The van der Waals surface area contributed by atoms with E-state index >= 15 is 8.78 Å². The van der Waals surface area contributed by atoms with Crippen LogP contribution < -0.4 is 9.64 Å². The van der Waals surface area contributed by atoms with Crippen molar-refractivity contribution < 1.29 is 32.2 Å². The fourth-order valence-corrected chi connectivity index (χ4v) is 8.41. The molecule has 11 nitrogen and oxygen atoms in total. The molecule has 5 aromatic rings. The van der Waals surface area contributed by atoms with Crippen molar-refractivity contribution in [1.29, 1.82) is 0 Å². The van der Waals surface area contributed by atoms with Gasteiger partial charge in [-0.15, -0.1) is 6.42 Å². The van der Waals surface area contributed by atoms with Crippen molar-refractivity contribution in [1.82, 2.24) is 34.7 Å². The molecular formula is C40H36F4N8O3. The molecule has 2 aromatic carbocycles. The van der Waals surface area contributed by atoms with Gasteiger partial charge < -0.3 is 19.6 Å². The number of carbonyl (C=O) groups is 1. The zero-order chi connectivity index (χ0) is 38.4. The van der Waals surface area contributed by atoms with Gasteiger partial charge in [-0.1, -0.05) is 12.0 Å². The van der Waals surface area contributed by atoms with Crippen LogP contribution in [-0.2, 0) is 4.79 Å². The van der Waals surface area contributed by atoms with Crippen molar-refractivity contribution in [2.45, 2.75) is 56.4 Å². The number of phenolic OH excluding ortho intramolecular Hbond substituents is 1. The van der Waals surface area contributed by atoms with Crippen LogP contribution in [0.15, 0.2) is 54.7 Å². The molecular weight excluding hydrogens is 716 g/mol. The number of hydrogen-bond acceptors (Lipinski definition) is 10. The first-order valence-corrected chi connectivity index (χ1v) is 18.1. The third-order valence-corrected chi connectivity index (χ3v) is 10.8. The van der Waals surface area contributed by atoms with Gasteiger partial charge in [-0.05, 0) is 68.3 Å². The largest absolute Gasteiger partial charge is 0.508 e. The van der Waals surface area contributed by atoms with Gasteiger partial charge >= 0.3 is 6.01 Å². The van der Waals surface area contributed by atoms with E-state index < -0.39 is 29.5 Å². The van der Waals surface area contributed by atoms with Crippen LogP contribution in [0.3, 0.4) is 0 Å². The Bertz CT molecular complexity index is 2350. The SMILES string of the molecule is C#Cc1c(F)ccc2cc(O)cc(-c3ncc4c(N5CC6CCC(C5)N6C(=O)/C(F)=C/c5ncccn5)nc(OC)nc4c3F)c12.FC1CC2CCCN2C1. The fraction of sp³-hybridized carbons (Fsp3) is 0.350. The van der Waals surface area contributed by atoms with Crippen LogP contribution in [0.1, 0.15) is 43.5 Å². The van der Waals surface area contributed by atoms with E-state index in [1.807, 2.05) is 4.90 Å². The van der Waals surface area contributed by atoms with Crippen LogP contribution >= 0.6 is 0 Å². The molecule has 4 saturated heterocycles. The summed E-state index contributed by atoms with van der Waals surface area (Å²) in [5.41, 5.74) is -0.339. The van der Waals surface area contributed by atoms with Crippen molar-refractivity contribution in [3.05, 3.63) is 77.8 Å². The molecule has 4 fully saturated rings. The minimum atomic E-state index is -0.961. The number of terminal acetylenes is 1. The summed E-state index contributed by atoms with van der Waals surface area (Å²) in [5, 5.41) is 11.3. The molecule has 4 unspecified atom stereocenters. The van der Waals surface area contributed by atoms with Gasteiger partial charge in [0.1, 0.15) is 34.8 Å². The summed E-state index contributed by atoms with van der Waals surface area (Å²) in [6.45, 7) is 2.44. The summed E-state index contributed by atoms with van der Waals surface area (Å²) in [6.07, 6.45) is 15.0. The van der Waals surface area contributed by atoms with E-state index in [-0.39, 0.29) is 75.9 Å². The molecule has 0 saturated carbocycles. The maximum atomic E-state index is 16.5. The Morgan fingerprint density at radius 3 is 2.51 bits per heavy atom. The number of hydrogen-bond donors (Lipinski definition) is 1. The molecule has 15 heteroatoms. The van der Waals surface area contributed by atoms with Crippen molar-refractivity contribution in [2.75, 3.05) is 38.2 Å². The van der Waals surface area contributed by atoms with Crippen LogP contribution in [0, 0.1) is 24.0 Å². The van der Waals surface area contributed by atoms with Crippen LogP contribution in [0.4, 0.5) is 23.4 Å². The number of nitrogens with zero attached hydrogens (tertiary/aromatic N) is 8. The van der Waals surface area contributed by atoms with Crippen molar-refractivity contribution in [2.24, 2.45) is 0 Å². The quantitative estimate of drug-likeness (QED) is 0.130. The monoisotopic (exact) mass is 752 g/mol. The number of fused-ring (bicyclic) bond motifs is 5. The lowest BCUT2D eigenvalue weighted by Gasteiger charge is -2.41. The second-order valence-electron chi connectivity index (χ2n) is 14.1. The number of carbonyl (C=O) groups excluding carboxylic acids is 1. The first-order chi connectivity index (χ1) is 26.6. The van der Waals surface area contributed by atoms with Crippen molar-refractivity contribution in [3.63, 3.8) is 0 Å². The van der Waals surface area contributed by atoms with Crippen LogP contribution in [-0.4, -0.2) is 103 Å². The standard InChI is InChI=1S/C33H24F3N7O3.C7H12FN/c1-3-21-24(34)8-5-17-11-20(44)12-22(27(17)21)29-28(36)30-23(14-39-29)31(41-33(40-30)46-2)42-15-18-6-7-19(16-42)43(18)32(45)25(35)13-26-37-9-4-10-38-26;8-6-4-7-2-1-3-9(7)5-6/h1,4-5,8-14,18-19,44H,6-7,15-16H2,2H3;6-7H,1-5H2/b25-13-;. The number of anilines is 1. The number of phenols is 1. The lowest BCUT2D eigenvalue weighted by atomic mass is 9.96. The van der Waals surface area contributed by atoms with Gasteiger partial charge in [-0.25, -0.2) is 27.5 Å². The fourth-order valence-electron chi connectivity index (χ4n) is 8.41. The second-order valence-corrected chi connectivity index (χ2v) is 14.1. The Morgan fingerprint density at radius 1 is 1.04 bits per heavy atom. The van der Waals surface area contributed by atoms with Gasteiger partial charge in [0.2, 0.25) is 0 Å². The molecule has 0 aliphatic carbocycles. The number of rotatable bonds is 5. The molecule has 7 heterocycles. The summed E-state index contributed by atoms with van der Waals surface area (Å²) in [5.74, 6) is -0.693. The highest BCUT2D eigenvalue weighted by Crippen LogP contribution is 2.40. The number of amides is 1. The molecule has 9 rings (SSSR count). The summed E-state index contributed by atoms with van der Waals surface area (Å²) >= 11 is 0. The zero-order valence-corrected chi connectivity index (χ0v) is 29.8. The lowest BCUT2D eigenvalue weighted by molar-refractivity contribution is -0.131. The predicted molar refractivity (Wildman–Crippen MR) is 197 cm³/mol. The number of halogens is 4. The van der Waals surface area contributed by atoms with Gasteiger partial charge in [-0.3, -0.25) is 14.7 Å². The number of pyridine rings is 1. The molecule has 4 aliphatic heterocycles. The number of ether oxygens (including phenoxy) is 1. The van der Waals surface area contributed by atoms with E-state index in [9.17, 15) is 18.7 Å². The molecule has 55 heavy (non-hydrogen) atoms. The number of methoxy groups -OCH3 is 1. The number of piperazine rings is 1. The normalized spacial score (nSPS) is 22.1. The zero-order valence-electron chi connectivity index (χ0n) is 29.8. The van der Waals surface area contributed by atoms with Crippen molar-refractivity contribution >= 4 is 39.5 Å². The Balaban J connectivity index is 0.000000413. The van der Waals surface area contributed by atoms with Crippen LogP contribution in [0.2, 0.25) is 0 Å². The summed E-state index contributed by atoms with van der Waals surface area (Å²) in [6, 6.07) is 6.69. The minimum Gasteiger partial charge on any atom is -0.508 e. The summed E-state index contributed by atoms with van der Waals surface area (Å²) < 4.78 is 64.1. The topological polar surface area (TPSA) is 121 Å². The predicted octanol–water partition coefficient (Wildman–Crippen LogP) is 5.99. The summed E-state index contributed by atoms with van der Waals surface area (Å²) in [7, 11) is 1.35. The Morgan fingerprint density at radius 2 is 1.80 bits per heavy atom. The van der Waals surface area contributed by atoms with Gasteiger partial charge in [-0.2, -0.15) is 9.97 Å². The van der Waals surface area contributed by atoms with E-state index in [1.165, 1.54) is 67.7 Å². The Kier molecular flexibility index (Phi) is 9.68. The van der Waals surface area contributed by atoms with E-state index in [1.54, 1.807) is 6.07 Å². The highest BCUT2D eigenvalue weighted by Gasteiger charge is 2.44. The highest BCUT2D eigenvalue weighted by atomic mass is 19.1. The third-order valence-electron chi connectivity index (χ3n) is 10.8.